The maximum atomic E-state index is 12.8. The minimum atomic E-state index is -0.804. The van der Waals surface area contributed by atoms with Gasteiger partial charge in [0.1, 0.15) is 13.2 Å². The van der Waals surface area contributed by atoms with Crippen molar-refractivity contribution in [1.29, 1.82) is 0 Å². The molecule has 0 spiro atoms. The number of ether oxygens (including phenoxy) is 3. The maximum Gasteiger partial charge on any atom is 0.306 e. The lowest BCUT2D eigenvalue weighted by Gasteiger charge is -2.18. The number of allylic oxidation sites excluding steroid dienone is 12. The molecule has 0 fully saturated rings. The summed E-state index contributed by atoms with van der Waals surface area (Å²) >= 11 is 0. The molecular formula is C60H104O6. The first-order valence-corrected chi connectivity index (χ1v) is 27.9. The molecule has 0 heterocycles. The molecule has 1 atom stereocenters. The van der Waals surface area contributed by atoms with Gasteiger partial charge in [-0.1, -0.05) is 235 Å². The monoisotopic (exact) mass is 921 g/mol. The molecule has 0 aromatic carbocycles. The van der Waals surface area contributed by atoms with Gasteiger partial charge < -0.3 is 14.2 Å². The summed E-state index contributed by atoms with van der Waals surface area (Å²) in [7, 11) is 0. The lowest BCUT2D eigenvalue weighted by atomic mass is 10.0. The van der Waals surface area contributed by atoms with Crippen molar-refractivity contribution in [2.24, 2.45) is 0 Å². The van der Waals surface area contributed by atoms with E-state index in [0.717, 1.165) is 70.6 Å². The maximum absolute atomic E-state index is 12.8. The van der Waals surface area contributed by atoms with Crippen LogP contribution in [0.1, 0.15) is 271 Å². The van der Waals surface area contributed by atoms with Crippen LogP contribution in [0.5, 0.6) is 0 Å². The summed E-state index contributed by atoms with van der Waals surface area (Å²) in [5, 5.41) is 0. The summed E-state index contributed by atoms with van der Waals surface area (Å²) in [4.78, 5) is 38.1. The molecule has 0 N–H and O–H groups in total. The van der Waals surface area contributed by atoms with E-state index in [2.05, 4.69) is 93.7 Å². The summed E-state index contributed by atoms with van der Waals surface area (Å²) in [5.74, 6) is -0.951. The Kier molecular flexibility index (Phi) is 51.9. The summed E-state index contributed by atoms with van der Waals surface area (Å²) in [5.41, 5.74) is 0. The number of hydrogen-bond donors (Lipinski definition) is 0. The van der Waals surface area contributed by atoms with Gasteiger partial charge in [0, 0.05) is 19.3 Å². The first-order chi connectivity index (χ1) is 32.5. The number of esters is 3. The fraction of sp³-hybridized carbons (Fsp3) is 0.750. The van der Waals surface area contributed by atoms with Crippen LogP contribution in [0.15, 0.2) is 72.9 Å². The van der Waals surface area contributed by atoms with E-state index in [1.807, 2.05) is 0 Å². The van der Waals surface area contributed by atoms with E-state index < -0.39 is 6.10 Å². The highest BCUT2D eigenvalue weighted by molar-refractivity contribution is 5.71. The van der Waals surface area contributed by atoms with Gasteiger partial charge in [-0.3, -0.25) is 14.4 Å². The van der Waals surface area contributed by atoms with Crippen LogP contribution < -0.4 is 0 Å². The zero-order chi connectivity index (χ0) is 47.9. The average molecular weight is 921 g/mol. The van der Waals surface area contributed by atoms with Crippen molar-refractivity contribution in [1.82, 2.24) is 0 Å². The third-order valence-corrected chi connectivity index (χ3v) is 11.9. The van der Waals surface area contributed by atoms with Crippen LogP contribution in [0, 0.1) is 0 Å². The molecule has 0 aromatic rings. The van der Waals surface area contributed by atoms with Gasteiger partial charge in [-0.05, 0) is 89.9 Å². The minimum absolute atomic E-state index is 0.0964. The molecule has 0 aliphatic rings. The molecule has 0 bridgehead atoms. The third-order valence-electron chi connectivity index (χ3n) is 11.9. The first-order valence-electron chi connectivity index (χ1n) is 27.9. The predicted octanol–water partition coefficient (Wildman–Crippen LogP) is 18.6. The summed E-state index contributed by atoms with van der Waals surface area (Å²) in [6, 6.07) is 0. The Hall–Kier alpha value is -3.15. The van der Waals surface area contributed by atoms with Crippen LogP contribution in [0.4, 0.5) is 0 Å². The van der Waals surface area contributed by atoms with Crippen molar-refractivity contribution in [2.45, 2.75) is 277 Å². The Morgan fingerprint density at radius 2 is 0.561 bits per heavy atom. The highest BCUT2D eigenvalue weighted by Gasteiger charge is 2.19. The van der Waals surface area contributed by atoms with Gasteiger partial charge in [-0.2, -0.15) is 0 Å². The van der Waals surface area contributed by atoms with Gasteiger partial charge in [0.2, 0.25) is 0 Å². The average Bonchev–Trinajstić information content (AvgIpc) is 3.31. The summed E-state index contributed by atoms with van der Waals surface area (Å²) in [6.07, 6.45) is 68.9. The van der Waals surface area contributed by atoms with Gasteiger partial charge in [0.05, 0.1) is 0 Å². The Morgan fingerprint density at radius 1 is 0.303 bits per heavy atom. The second kappa shape index (κ2) is 54.5. The standard InChI is InChI=1S/C60H104O6/c1-4-7-10-13-16-19-22-25-27-29-30-32-33-35-38-41-44-47-50-53-59(62)65-56-57(55-64-58(61)52-49-46-43-40-37-24-21-18-15-12-9-6-3)66-60(63)54-51-48-45-42-39-36-34-31-28-26-23-20-17-14-11-8-5-2/h16-17,19-20,25-28,34,36,42,45,57H,4-15,18,21-24,29-33,35,37-41,43-44,46-56H2,1-3H3/b19-16-,20-17-,27-25-,28-26-,36-34-,45-42-/t57-/m0/s1. The van der Waals surface area contributed by atoms with Gasteiger partial charge in [-0.15, -0.1) is 0 Å². The Balaban J connectivity index is 4.43. The Labute approximate surface area is 408 Å². The van der Waals surface area contributed by atoms with Crippen molar-refractivity contribution in [3.05, 3.63) is 72.9 Å². The zero-order valence-electron chi connectivity index (χ0n) is 43.4. The van der Waals surface area contributed by atoms with Crippen LogP contribution in [0.2, 0.25) is 0 Å². The van der Waals surface area contributed by atoms with Crippen LogP contribution in [0.3, 0.4) is 0 Å². The van der Waals surface area contributed by atoms with Crippen LogP contribution >= 0.6 is 0 Å². The highest BCUT2D eigenvalue weighted by Crippen LogP contribution is 2.15. The molecule has 0 unspecified atom stereocenters. The van der Waals surface area contributed by atoms with Crippen molar-refractivity contribution >= 4 is 17.9 Å². The van der Waals surface area contributed by atoms with Gasteiger partial charge in [0.25, 0.3) is 0 Å². The number of carbonyl (C=O) groups excluding carboxylic acids is 3. The lowest BCUT2D eigenvalue weighted by Crippen LogP contribution is -2.30. The summed E-state index contributed by atoms with van der Waals surface area (Å²) < 4.78 is 16.8. The van der Waals surface area contributed by atoms with E-state index in [1.54, 1.807) is 0 Å². The molecule has 0 saturated heterocycles. The molecule has 66 heavy (non-hydrogen) atoms. The topological polar surface area (TPSA) is 78.9 Å². The largest absolute Gasteiger partial charge is 0.462 e. The SMILES string of the molecule is CCCCC/C=C\C/C=C\C/C=C\C/C=C\CCCC(=O)O[C@H](COC(=O)CCCCCCCCCCC/C=C\C/C=C\CCCCC)COC(=O)CCCCCCCCCCCCCC. The second-order valence-electron chi connectivity index (χ2n) is 18.5. The molecule has 6 nitrogen and oxygen atoms in total. The van der Waals surface area contributed by atoms with Crippen LogP contribution in [-0.2, 0) is 28.6 Å². The van der Waals surface area contributed by atoms with Gasteiger partial charge in [-0.25, -0.2) is 0 Å². The fourth-order valence-electron chi connectivity index (χ4n) is 7.70. The van der Waals surface area contributed by atoms with Crippen molar-refractivity contribution in [3.63, 3.8) is 0 Å². The second-order valence-corrected chi connectivity index (χ2v) is 18.5. The van der Waals surface area contributed by atoms with E-state index >= 15 is 0 Å². The Bertz CT molecular complexity index is 1240. The zero-order valence-corrected chi connectivity index (χ0v) is 43.4. The first kappa shape index (κ1) is 62.8. The smallest absolute Gasteiger partial charge is 0.306 e. The van der Waals surface area contributed by atoms with E-state index in [4.69, 9.17) is 14.2 Å². The number of carbonyl (C=O) groups is 3. The van der Waals surface area contributed by atoms with Crippen LogP contribution in [-0.4, -0.2) is 37.2 Å². The molecule has 0 radical (unpaired) electrons. The number of hydrogen-bond acceptors (Lipinski definition) is 6. The number of unbranched alkanes of at least 4 members (excludes halogenated alkanes) is 27. The molecule has 0 aromatic heterocycles. The molecule has 0 amide bonds. The quantitative estimate of drug-likeness (QED) is 0.0262. The molecule has 0 aliphatic heterocycles. The van der Waals surface area contributed by atoms with E-state index in [1.165, 1.54) is 154 Å². The van der Waals surface area contributed by atoms with Crippen LogP contribution in [0.25, 0.3) is 0 Å². The van der Waals surface area contributed by atoms with Crippen molar-refractivity contribution < 1.29 is 28.6 Å². The van der Waals surface area contributed by atoms with Gasteiger partial charge in [0.15, 0.2) is 6.10 Å². The van der Waals surface area contributed by atoms with Crippen molar-refractivity contribution in [3.8, 4) is 0 Å². The van der Waals surface area contributed by atoms with E-state index in [9.17, 15) is 14.4 Å². The molecule has 0 saturated carbocycles. The third kappa shape index (κ3) is 51.8. The number of rotatable bonds is 50. The normalized spacial score (nSPS) is 12.6. The van der Waals surface area contributed by atoms with Crippen molar-refractivity contribution in [2.75, 3.05) is 13.2 Å². The molecular weight excluding hydrogens is 817 g/mol. The predicted molar refractivity (Wildman–Crippen MR) is 284 cm³/mol. The lowest BCUT2D eigenvalue weighted by molar-refractivity contribution is -0.167. The van der Waals surface area contributed by atoms with E-state index in [-0.39, 0.29) is 37.5 Å². The highest BCUT2D eigenvalue weighted by atomic mass is 16.6. The Morgan fingerprint density at radius 3 is 0.924 bits per heavy atom. The fourth-order valence-corrected chi connectivity index (χ4v) is 7.70. The molecule has 0 aliphatic carbocycles. The van der Waals surface area contributed by atoms with E-state index in [0.29, 0.717) is 19.3 Å². The molecule has 0 rings (SSSR count). The molecule has 380 valence electrons. The minimum Gasteiger partial charge on any atom is -0.462 e. The molecule has 6 heteroatoms. The van der Waals surface area contributed by atoms with Gasteiger partial charge >= 0.3 is 17.9 Å². The summed E-state index contributed by atoms with van der Waals surface area (Å²) in [6.45, 7) is 6.55.